The quantitative estimate of drug-likeness (QED) is 0.381. The highest BCUT2D eigenvalue weighted by Crippen LogP contribution is 2.12. The number of hydrogen-bond donors (Lipinski definition) is 2. The highest BCUT2D eigenvalue weighted by atomic mass is 32.2. The molecule has 0 rings (SSSR count). The van der Waals surface area contributed by atoms with Crippen molar-refractivity contribution in [3.63, 3.8) is 0 Å². The third-order valence-electron chi connectivity index (χ3n) is 3.17. The number of rotatable bonds is 14. The number of methoxy groups -OCH3 is 1. The number of aliphatic hydroxyl groups is 2. The Hall–Kier alpha value is -0.260. The highest BCUT2D eigenvalue weighted by molar-refractivity contribution is 7.99. The third kappa shape index (κ3) is 14.2. The lowest BCUT2D eigenvalue weighted by molar-refractivity contribution is -0.140. The largest absolute Gasteiger partial charge is 0.469 e. The summed E-state index contributed by atoms with van der Waals surface area (Å²) in [5.74, 6) is 1.60. The van der Waals surface area contributed by atoms with Gasteiger partial charge in [0.1, 0.15) is 0 Å². The molecule has 0 fully saturated rings. The van der Waals surface area contributed by atoms with Gasteiger partial charge in [0.25, 0.3) is 0 Å². The average Bonchev–Trinajstić information content (AvgIpc) is 2.47. The van der Waals surface area contributed by atoms with Crippen molar-refractivity contribution in [3.05, 3.63) is 0 Å². The van der Waals surface area contributed by atoms with Gasteiger partial charge in [-0.3, -0.25) is 4.79 Å². The molecular formula is C15H30O4S. The van der Waals surface area contributed by atoms with Gasteiger partial charge in [-0.2, -0.15) is 11.8 Å². The molecule has 0 saturated carbocycles. The minimum Gasteiger partial charge on any atom is -0.469 e. The van der Waals surface area contributed by atoms with E-state index < -0.39 is 6.10 Å². The minimum absolute atomic E-state index is 0.103. The van der Waals surface area contributed by atoms with Gasteiger partial charge in [-0.05, 0) is 18.6 Å². The first kappa shape index (κ1) is 19.7. The van der Waals surface area contributed by atoms with Crippen LogP contribution in [-0.2, 0) is 9.53 Å². The maximum Gasteiger partial charge on any atom is 0.305 e. The van der Waals surface area contributed by atoms with Crippen molar-refractivity contribution in [2.45, 2.75) is 63.9 Å². The number of unbranched alkanes of at least 4 members (excludes halogenated alkanes) is 7. The normalized spacial score (nSPS) is 12.3. The van der Waals surface area contributed by atoms with Gasteiger partial charge in [0, 0.05) is 12.2 Å². The Morgan fingerprint density at radius 2 is 1.60 bits per heavy atom. The fraction of sp³-hybridized carbons (Fsp3) is 0.933. The van der Waals surface area contributed by atoms with Gasteiger partial charge in [-0.25, -0.2) is 0 Å². The topological polar surface area (TPSA) is 66.8 Å². The summed E-state index contributed by atoms with van der Waals surface area (Å²) in [5.41, 5.74) is 0. The Morgan fingerprint density at radius 1 is 1.05 bits per heavy atom. The van der Waals surface area contributed by atoms with Crippen molar-refractivity contribution in [3.8, 4) is 0 Å². The summed E-state index contributed by atoms with van der Waals surface area (Å²) in [6.45, 7) is -0.136. The zero-order valence-electron chi connectivity index (χ0n) is 12.7. The lowest BCUT2D eigenvalue weighted by atomic mass is 10.1. The monoisotopic (exact) mass is 306 g/mol. The van der Waals surface area contributed by atoms with Crippen LogP contribution in [0, 0.1) is 0 Å². The van der Waals surface area contributed by atoms with Crippen LogP contribution in [-0.4, -0.2) is 47.5 Å². The lowest BCUT2D eigenvalue weighted by Crippen LogP contribution is -2.14. The Kier molecular flexibility index (Phi) is 14.9. The van der Waals surface area contributed by atoms with Crippen molar-refractivity contribution in [1.29, 1.82) is 0 Å². The van der Waals surface area contributed by atoms with Gasteiger partial charge in [-0.1, -0.05) is 38.5 Å². The summed E-state index contributed by atoms with van der Waals surface area (Å²) in [7, 11) is 1.44. The van der Waals surface area contributed by atoms with Gasteiger partial charge in [0.2, 0.25) is 0 Å². The third-order valence-corrected chi connectivity index (χ3v) is 4.37. The van der Waals surface area contributed by atoms with E-state index in [1.165, 1.54) is 45.6 Å². The van der Waals surface area contributed by atoms with Gasteiger partial charge < -0.3 is 14.9 Å². The highest BCUT2D eigenvalue weighted by Gasteiger charge is 2.01. The van der Waals surface area contributed by atoms with E-state index >= 15 is 0 Å². The number of esters is 1. The van der Waals surface area contributed by atoms with E-state index in [0.717, 1.165) is 18.6 Å². The molecule has 0 saturated heterocycles. The lowest BCUT2D eigenvalue weighted by Gasteiger charge is -2.06. The molecule has 120 valence electrons. The van der Waals surface area contributed by atoms with Crippen molar-refractivity contribution in [2.75, 3.05) is 25.2 Å². The molecule has 0 radical (unpaired) electrons. The molecule has 1 atom stereocenters. The van der Waals surface area contributed by atoms with Crippen molar-refractivity contribution in [1.82, 2.24) is 0 Å². The number of ether oxygens (including phenoxy) is 1. The van der Waals surface area contributed by atoms with E-state index in [1.807, 2.05) is 0 Å². The van der Waals surface area contributed by atoms with Crippen LogP contribution >= 0.6 is 11.8 Å². The van der Waals surface area contributed by atoms with Crippen molar-refractivity contribution >= 4 is 17.7 Å². The van der Waals surface area contributed by atoms with E-state index in [4.69, 9.17) is 10.2 Å². The molecule has 4 nitrogen and oxygen atoms in total. The molecular weight excluding hydrogens is 276 g/mol. The number of hydrogen-bond acceptors (Lipinski definition) is 5. The van der Waals surface area contributed by atoms with E-state index in [1.54, 1.807) is 11.8 Å². The molecule has 0 amide bonds. The molecule has 0 aliphatic carbocycles. The average molecular weight is 306 g/mol. The summed E-state index contributed by atoms with van der Waals surface area (Å²) < 4.78 is 4.59. The molecule has 0 aromatic heterocycles. The smallest absolute Gasteiger partial charge is 0.305 e. The van der Waals surface area contributed by atoms with Crippen LogP contribution in [0.5, 0.6) is 0 Å². The van der Waals surface area contributed by atoms with Crippen LogP contribution in [0.3, 0.4) is 0 Å². The molecule has 5 heteroatoms. The number of aliphatic hydroxyl groups excluding tert-OH is 2. The fourth-order valence-corrected chi connectivity index (χ4v) is 2.86. The van der Waals surface area contributed by atoms with Crippen LogP contribution < -0.4 is 0 Å². The minimum atomic E-state index is -0.565. The van der Waals surface area contributed by atoms with Crippen molar-refractivity contribution in [2.24, 2.45) is 0 Å². The van der Waals surface area contributed by atoms with Gasteiger partial charge in [0.15, 0.2) is 0 Å². The van der Waals surface area contributed by atoms with Crippen LogP contribution in [0.15, 0.2) is 0 Å². The molecule has 0 bridgehead atoms. The second kappa shape index (κ2) is 15.1. The Bertz CT molecular complexity index is 224. The van der Waals surface area contributed by atoms with E-state index in [2.05, 4.69) is 4.74 Å². The number of carbonyl (C=O) groups excluding carboxylic acids is 1. The Balaban J connectivity index is 3.04. The van der Waals surface area contributed by atoms with E-state index in [-0.39, 0.29) is 12.6 Å². The predicted molar refractivity (Wildman–Crippen MR) is 84.0 cm³/mol. The molecule has 0 aliphatic heterocycles. The summed E-state index contributed by atoms with van der Waals surface area (Å²) in [6, 6.07) is 0. The first-order valence-electron chi connectivity index (χ1n) is 7.64. The summed E-state index contributed by atoms with van der Waals surface area (Å²) in [4.78, 5) is 10.9. The van der Waals surface area contributed by atoms with Crippen LogP contribution in [0.2, 0.25) is 0 Å². The standard InChI is InChI=1S/C15H30O4S/c1-19-15(18)10-8-6-4-2-3-5-7-9-11-20-13-14(17)12-16/h14,16-17H,2-13H2,1H3. The van der Waals surface area contributed by atoms with Gasteiger partial charge in [0.05, 0.1) is 19.8 Å². The van der Waals surface area contributed by atoms with E-state index in [0.29, 0.717) is 12.2 Å². The van der Waals surface area contributed by atoms with Crippen molar-refractivity contribution < 1.29 is 19.7 Å². The van der Waals surface area contributed by atoms with Crippen LogP contribution in [0.4, 0.5) is 0 Å². The predicted octanol–water partition coefficient (Wildman–Crippen LogP) is 2.76. The molecule has 0 aliphatic rings. The fourth-order valence-electron chi connectivity index (χ4n) is 1.91. The maximum absolute atomic E-state index is 10.9. The molecule has 0 spiro atoms. The summed E-state index contributed by atoms with van der Waals surface area (Å²) >= 11 is 1.71. The molecule has 1 unspecified atom stereocenters. The maximum atomic E-state index is 10.9. The number of carbonyl (C=O) groups is 1. The summed E-state index contributed by atoms with van der Waals surface area (Å²) in [6.07, 6.45) is 9.45. The molecule has 20 heavy (non-hydrogen) atoms. The Labute approximate surface area is 127 Å². The molecule has 0 aromatic carbocycles. The zero-order valence-corrected chi connectivity index (χ0v) is 13.5. The zero-order chi connectivity index (χ0) is 15.1. The second-order valence-electron chi connectivity index (χ2n) is 5.07. The Morgan fingerprint density at radius 3 is 2.15 bits per heavy atom. The SMILES string of the molecule is COC(=O)CCCCCCCCCCSCC(O)CO. The second-order valence-corrected chi connectivity index (χ2v) is 6.22. The molecule has 0 aromatic rings. The van der Waals surface area contributed by atoms with Crippen LogP contribution in [0.1, 0.15) is 57.8 Å². The molecule has 0 heterocycles. The summed E-state index contributed by atoms with van der Waals surface area (Å²) in [5, 5.41) is 17.8. The van der Waals surface area contributed by atoms with Crippen LogP contribution in [0.25, 0.3) is 0 Å². The van der Waals surface area contributed by atoms with E-state index in [9.17, 15) is 4.79 Å². The van der Waals surface area contributed by atoms with Gasteiger partial charge in [-0.15, -0.1) is 0 Å². The van der Waals surface area contributed by atoms with Gasteiger partial charge >= 0.3 is 5.97 Å². The molecule has 2 N–H and O–H groups in total. The number of thioether (sulfide) groups is 1. The first-order chi connectivity index (χ1) is 9.70. The first-order valence-corrected chi connectivity index (χ1v) is 8.79.